The van der Waals surface area contributed by atoms with Crippen LogP contribution < -0.4 is 20.7 Å². The molecule has 44 heavy (non-hydrogen) atoms. The first-order chi connectivity index (χ1) is 21.1. The topological polar surface area (TPSA) is 133 Å². The van der Waals surface area contributed by atoms with E-state index in [-0.39, 0.29) is 30.6 Å². The molecule has 4 amide bonds. The summed E-state index contributed by atoms with van der Waals surface area (Å²) in [5, 5.41) is 8.79. The van der Waals surface area contributed by atoms with Crippen LogP contribution in [-0.2, 0) is 32.1 Å². The molecule has 0 spiro atoms. The molecule has 0 saturated carbocycles. The number of ether oxygens (including phenoxy) is 1. The van der Waals surface area contributed by atoms with E-state index >= 15 is 0 Å². The summed E-state index contributed by atoms with van der Waals surface area (Å²) in [6.45, 7) is 8.18. The first-order valence-corrected chi connectivity index (χ1v) is 15.5. The number of benzene rings is 1. The van der Waals surface area contributed by atoms with Crippen LogP contribution in [0.25, 0.3) is 0 Å². The van der Waals surface area contributed by atoms with E-state index in [9.17, 15) is 19.2 Å². The molecule has 1 aliphatic rings. The fraction of sp³-hybridized carbons (Fsp3) is 0.545. The predicted octanol–water partition coefficient (Wildman–Crippen LogP) is 2.30. The van der Waals surface area contributed by atoms with Crippen LogP contribution in [0.15, 0.2) is 48.8 Å². The largest absolute Gasteiger partial charge is 0.497 e. The highest BCUT2D eigenvalue weighted by Crippen LogP contribution is 2.15. The minimum absolute atomic E-state index is 0.127. The van der Waals surface area contributed by atoms with Gasteiger partial charge in [0.05, 0.1) is 7.11 Å². The Kier molecular flexibility index (Phi) is 13.6. The van der Waals surface area contributed by atoms with Crippen molar-refractivity contribution in [1.29, 1.82) is 0 Å². The normalized spacial score (nSPS) is 22.0. The molecule has 0 bridgehead atoms. The van der Waals surface area contributed by atoms with Crippen LogP contribution in [0.4, 0.5) is 0 Å². The van der Waals surface area contributed by atoms with Gasteiger partial charge in [-0.05, 0) is 74.0 Å². The van der Waals surface area contributed by atoms with E-state index in [1.54, 1.807) is 45.6 Å². The smallest absolute Gasteiger partial charge is 0.245 e. The summed E-state index contributed by atoms with van der Waals surface area (Å²) < 4.78 is 5.25. The SMILES string of the molecule is COc1ccc(C[C@@H]2NC(=O)[C@@H](CC(C)C)NC(=O)CCCN(Cc3ccncc3)CCCNC(=O)[C@H](C)N(C)C2=O)cc1. The maximum atomic E-state index is 13.8. The number of pyridine rings is 1. The summed E-state index contributed by atoms with van der Waals surface area (Å²) >= 11 is 0. The number of carbonyl (C=O) groups excluding carboxylic acids is 4. The van der Waals surface area contributed by atoms with Crippen molar-refractivity contribution in [3.63, 3.8) is 0 Å². The average molecular weight is 609 g/mol. The summed E-state index contributed by atoms with van der Waals surface area (Å²) in [5.74, 6) is -0.479. The van der Waals surface area contributed by atoms with Crippen LogP contribution in [0.5, 0.6) is 5.75 Å². The lowest BCUT2D eigenvalue weighted by Gasteiger charge is -2.30. The predicted molar refractivity (Wildman–Crippen MR) is 169 cm³/mol. The maximum absolute atomic E-state index is 13.8. The van der Waals surface area contributed by atoms with Gasteiger partial charge in [0.1, 0.15) is 23.9 Å². The Morgan fingerprint density at radius 1 is 0.909 bits per heavy atom. The highest BCUT2D eigenvalue weighted by atomic mass is 16.5. The van der Waals surface area contributed by atoms with Gasteiger partial charge in [-0.3, -0.25) is 29.1 Å². The number of likely N-dealkylation sites (N-methyl/N-ethyl adjacent to an activating group) is 1. The minimum Gasteiger partial charge on any atom is -0.497 e. The molecule has 3 N–H and O–H groups in total. The van der Waals surface area contributed by atoms with Crippen LogP contribution in [0.3, 0.4) is 0 Å². The van der Waals surface area contributed by atoms with Gasteiger partial charge in [-0.2, -0.15) is 0 Å². The lowest BCUT2D eigenvalue weighted by Crippen LogP contribution is -2.57. The van der Waals surface area contributed by atoms with E-state index < -0.39 is 29.9 Å². The number of rotatable bonds is 7. The molecule has 1 aromatic carbocycles. The van der Waals surface area contributed by atoms with Crippen molar-refractivity contribution < 1.29 is 23.9 Å². The number of nitrogens with zero attached hydrogens (tertiary/aromatic N) is 3. The van der Waals surface area contributed by atoms with E-state index in [1.165, 1.54) is 4.90 Å². The first kappa shape index (κ1) is 34.5. The zero-order valence-electron chi connectivity index (χ0n) is 26.7. The third kappa shape index (κ3) is 10.9. The third-order valence-corrected chi connectivity index (χ3v) is 7.86. The average Bonchev–Trinajstić information content (AvgIpc) is 3.01. The highest BCUT2D eigenvalue weighted by molar-refractivity contribution is 5.94. The van der Waals surface area contributed by atoms with E-state index in [4.69, 9.17) is 4.74 Å². The van der Waals surface area contributed by atoms with Gasteiger partial charge in [0, 0.05) is 51.9 Å². The van der Waals surface area contributed by atoms with Gasteiger partial charge >= 0.3 is 0 Å². The van der Waals surface area contributed by atoms with Crippen molar-refractivity contribution in [2.45, 2.75) is 77.5 Å². The van der Waals surface area contributed by atoms with Gasteiger partial charge in [0.15, 0.2) is 0 Å². The van der Waals surface area contributed by atoms with Gasteiger partial charge in [0.25, 0.3) is 0 Å². The zero-order valence-corrected chi connectivity index (χ0v) is 26.7. The van der Waals surface area contributed by atoms with Crippen LogP contribution in [0.1, 0.15) is 57.6 Å². The Morgan fingerprint density at radius 3 is 2.25 bits per heavy atom. The molecule has 1 aliphatic heterocycles. The minimum atomic E-state index is -0.941. The number of aromatic nitrogens is 1. The Bertz CT molecular complexity index is 1220. The fourth-order valence-corrected chi connectivity index (χ4v) is 5.19. The Hall–Kier alpha value is -3.99. The lowest BCUT2D eigenvalue weighted by molar-refractivity contribution is -0.141. The lowest BCUT2D eigenvalue weighted by atomic mass is 10.00. The number of nitrogens with one attached hydrogen (secondary N) is 3. The van der Waals surface area contributed by atoms with Crippen molar-refractivity contribution in [3.05, 3.63) is 59.9 Å². The van der Waals surface area contributed by atoms with Gasteiger partial charge in [-0.25, -0.2) is 0 Å². The Balaban J connectivity index is 1.83. The number of methoxy groups -OCH3 is 1. The molecule has 0 radical (unpaired) electrons. The van der Waals surface area contributed by atoms with Gasteiger partial charge in [-0.1, -0.05) is 26.0 Å². The van der Waals surface area contributed by atoms with E-state index in [1.807, 2.05) is 38.1 Å². The molecule has 1 saturated heterocycles. The maximum Gasteiger partial charge on any atom is 0.245 e. The molecule has 1 fully saturated rings. The molecular formula is C33H48N6O5. The molecule has 11 nitrogen and oxygen atoms in total. The van der Waals surface area contributed by atoms with Crippen LogP contribution in [0, 0.1) is 5.92 Å². The number of hydrogen-bond acceptors (Lipinski definition) is 7. The molecule has 2 heterocycles. The van der Waals surface area contributed by atoms with Crippen molar-refractivity contribution >= 4 is 23.6 Å². The molecule has 3 rings (SSSR count). The second-order valence-electron chi connectivity index (χ2n) is 11.9. The Labute approximate surface area is 261 Å². The summed E-state index contributed by atoms with van der Waals surface area (Å²) in [5.41, 5.74) is 1.93. The monoisotopic (exact) mass is 608 g/mol. The third-order valence-electron chi connectivity index (χ3n) is 7.86. The first-order valence-electron chi connectivity index (χ1n) is 15.5. The van der Waals surface area contributed by atoms with Crippen molar-refractivity contribution in [1.82, 2.24) is 30.7 Å². The standard InChI is InChI=1S/C33H48N6O5/c1-23(2)20-28-32(42)37-29(21-25-9-11-27(44-5)12-10-25)33(43)38(4)24(3)31(41)35-15-7-19-39(18-6-8-30(40)36-28)22-26-13-16-34-17-14-26/h9-14,16-17,23-24,28-29H,6-8,15,18-22H2,1-5H3,(H,35,41)(H,36,40)(H,37,42)/t24-,28+,29-/m0/s1. The molecule has 0 aliphatic carbocycles. The number of hydrogen-bond donors (Lipinski definition) is 3. The van der Waals surface area contributed by atoms with Crippen molar-refractivity contribution in [2.75, 3.05) is 33.8 Å². The fourth-order valence-electron chi connectivity index (χ4n) is 5.19. The summed E-state index contributed by atoms with van der Waals surface area (Å²) in [6, 6.07) is 8.70. The van der Waals surface area contributed by atoms with Crippen molar-refractivity contribution in [2.24, 2.45) is 5.92 Å². The van der Waals surface area contributed by atoms with Crippen LogP contribution in [0.2, 0.25) is 0 Å². The van der Waals surface area contributed by atoms with Gasteiger partial charge < -0.3 is 25.6 Å². The molecule has 0 unspecified atom stereocenters. The van der Waals surface area contributed by atoms with E-state index in [0.717, 1.165) is 17.7 Å². The molecule has 1 aromatic heterocycles. The zero-order chi connectivity index (χ0) is 32.1. The summed E-state index contributed by atoms with van der Waals surface area (Å²) in [7, 11) is 3.15. The molecule has 240 valence electrons. The highest BCUT2D eigenvalue weighted by Gasteiger charge is 2.32. The molecule has 3 atom stereocenters. The number of amides is 4. The quantitative estimate of drug-likeness (QED) is 0.439. The second-order valence-corrected chi connectivity index (χ2v) is 11.9. The summed E-state index contributed by atoms with van der Waals surface area (Å²) in [6.07, 6.45) is 5.73. The Morgan fingerprint density at radius 2 is 1.59 bits per heavy atom. The molecule has 11 heteroatoms. The second kappa shape index (κ2) is 17.3. The number of carbonyl (C=O) groups is 4. The molecular weight excluding hydrogens is 560 g/mol. The summed E-state index contributed by atoms with van der Waals surface area (Å²) in [4.78, 5) is 61.3. The van der Waals surface area contributed by atoms with Crippen LogP contribution >= 0.6 is 0 Å². The van der Waals surface area contributed by atoms with Crippen molar-refractivity contribution in [3.8, 4) is 5.75 Å². The van der Waals surface area contributed by atoms with Gasteiger partial charge in [-0.15, -0.1) is 0 Å². The van der Waals surface area contributed by atoms with E-state index in [0.29, 0.717) is 44.6 Å². The van der Waals surface area contributed by atoms with Gasteiger partial charge in [0.2, 0.25) is 23.6 Å². The van der Waals surface area contributed by atoms with Crippen LogP contribution in [-0.4, -0.2) is 90.3 Å². The molecule has 2 aromatic rings. The van der Waals surface area contributed by atoms with E-state index in [2.05, 4.69) is 25.8 Å².